The Morgan fingerprint density at radius 2 is 2.16 bits per heavy atom. The molecule has 1 rings (SSSR count). The quantitative estimate of drug-likeness (QED) is 0.395. The number of hydrogen-bond donors (Lipinski definition) is 0. The molecule has 1 aliphatic rings. The average molecular weight is 256 g/mol. The van der Waals surface area contributed by atoms with Gasteiger partial charge < -0.3 is 0 Å². The van der Waals surface area contributed by atoms with Gasteiger partial charge in [0.1, 0.15) is 0 Å². The highest BCUT2D eigenvalue weighted by Gasteiger charge is 2.17. The second-order valence-electron chi connectivity index (χ2n) is 5.51. The predicted molar refractivity (Wildman–Crippen MR) is 87.0 cm³/mol. The van der Waals surface area contributed by atoms with Gasteiger partial charge in [-0.15, -0.1) is 6.58 Å². The lowest BCUT2D eigenvalue weighted by Gasteiger charge is -2.23. The smallest absolute Gasteiger partial charge is 0.0127 e. The van der Waals surface area contributed by atoms with Crippen molar-refractivity contribution in [2.45, 2.75) is 40.0 Å². The largest absolute Gasteiger partial charge is 0.103 e. The summed E-state index contributed by atoms with van der Waals surface area (Å²) in [6.07, 6.45) is 21.3. The van der Waals surface area contributed by atoms with E-state index in [0.717, 1.165) is 12.8 Å². The van der Waals surface area contributed by atoms with Gasteiger partial charge in [0, 0.05) is 0 Å². The van der Waals surface area contributed by atoms with E-state index < -0.39 is 0 Å². The van der Waals surface area contributed by atoms with Gasteiger partial charge in [0.2, 0.25) is 0 Å². The minimum Gasteiger partial charge on any atom is -0.103 e. The highest BCUT2D eigenvalue weighted by Crippen LogP contribution is 2.29. The first-order valence-electron chi connectivity index (χ1n) is 7.47. The molecule has 0 spiro atoms. The summed E-state index contributed by atoms with van der Waals surface area (Å²) in [4.78, 5) is 0. The van der Waals surface area contributed by atoms with E-state index in [1.807, 2.05) is 6.08 Å². The van der Waals surface area contributed by atoms with Crippen molar-refractivity contribution in [3.8, 4) is 0 Å². The van der Waals surface area contributed by atoms with Gasteiger partial charge in [0.05, 0.1) is 0 Å². The second-order valence-corrected chi connectivity index (χ2v) is 5.51. The Morgan fingerprint density at radius 1 is 1.37 bits per heavy atom. The lowest BCUT2D eigenvalue weighted by Crippen LogP contribution is -2.12. The SMILES string of the molecule is C=CCCC(C)/C=C(\C=C/C)[C@@H](C)C1C=CC=CC1. The van der Waals surface area contributed by atoms with Crippen molar-refractivity contribution in [1.29, 1.82) is 0 Å². The van der Waals surface area contributed by atoms with Crippen LogP contribution < -0.4 is 0 Å². The first-order valence-corrected chi connectivity index (χ1v) is 7.47. The first kappa shape index (κ1) is 15.8. The van der Waals surface area contributed by atoms with E-state index in [0.29, 0.717) is 17.8 Å². The molecule has 0 bridgehead atoms. The summed E-state index contributed by atoms with van der Waals surface area (Å²) >= 11 is 0. The molecule has 0 saturated carbocycles. The fraction of sp³-hybridized carbons (Fsp3) is 0.474. The number of rotatable bonds is 7. The van der Waals surface area contributed by atoms with Crippen molar-refractivity contribution in [3.63, 3.8) is 0 Å². The molecule has 0 aromatic heterocycles. The van der Waals surface area contributed by atoms with E-state index >= 15 is 0 Å². The Morgan fingerprint density at radius 3 is 2.74 bits per heavy atom. The molecule has 0 heterocycles. The van der Waals surface area contributed by atoms with Crippen LogP contribution in [0.2, 0.25) is 0 Å². The molecule has 104 valence electrons. The zero-order valence-corrected chi connectivity index (χ0v) is 12.7. The average Bonchev–Trinajstić information content (AvgIpc) is 2.45. The van der Waals surface area contributed by atoms with Gasteiger partial charge in [-0.05, 0) is 49.5 Å². The van der Waals surface area contributed by atoms with Crippen molar-refractivity contribution >= 4 is 0 Å². The van der Waals surface area contributed by atoms with Crippen molar-refractivity contribution in [3.05, 3.63) is 60.8 Å². The van der Waals surface area contributed by atoms with Crippen molar-refractivity contribution in [2.24, 2.45) is 17.8 Å². The monoisotopic (exact) mass is 256 g/mol. The fourth-order valence-corrected chi connectivity index (χ4v) is 2.56. The Hall–Kier alpha value is -1.30. The Balaban J connectivity index is 2.74. The molecule has 0 aromatic rings. The fourth-order valence-electron chi connectivity index (χ4n) is 2.56. The molecule has 2 unspecified atom stereocenters. The molecule has 1 aliphatic carbocycles. The zero-order chi connectivity index (χ0) is 14.1. The molecule has 0 saturated heterocycles. The highest BCUT2D eigenvalue weighted by atomic mass is 14.2. The molecule has 0 radical (unpaired) electrons. The molecular weight excluding hydrogens is 228 g/mol. The third kappa shape index (κ3) is 5.46. The molecule has 0 amide bonds. The van der Waals surface area contributed by atoms with Gasteiger partial charge in [-0.3, -0.25) is 0 Å². The standard InChI is InChI=1S/C19H28/c1-5-7-12-16(3)15-19(11-6-2)17(4)18-13-9-8-10-14-18/h5-6,8-11,13,15-18H,1,7,12,14H2,2-4H3/b11-6-,19-15+/t16?,17-,18?/m0/s1. The Kier molecular flexibility index (Phi) is 7.25. The van der Waals surface area contributed by atoms with Crippen LogP contribution in [-0.4, -0.2) is 0 Å². The summed E-state index contributed by atoms with van der Waals surface area (Å²) in [5, 5.41) is 0. The van der Waals surface area contributed by atoms with E-state index in [-0.39, 0.29) is 0 Å². The van der Waals surface area contributed by atoms with Crippen molar-refractivity contribution in [1.82, 2.24) is 0 Å². The van der Waals surface area contributed by atoms with Crippen LogP contribution in [0.25, 0.3) is 0 Å². The maximum Gasteiger partial charge on any atom is -0.0127 e. The maximum absolute atomic E-state index is 3.81. The minimum absolute atomic E-state index is 0.587. The van der Waals surface area contributed by atoms with E-state index in [2.05, 4.69) is 69.9 Å². The lowest BCUT2D eigenvalue weighted by molar-refractivity contribution is 0.492. The van der Waals surface area contributed by atoms with Gasteiger partial charge in [-0.2, -0.15) is 0 Å². The van der Waals surface area contributed by atoms with Crippen molar-refractivity contribution < 1.29 is 0 Å². The van der Waals surface area contributed by atoms with E-state index in [1.54, 1.807) is 0 Å². The topological polar surface area (TPSA) is 0 Å². The third-order valence-electron chi connectivity index (χ3n) is 3.84. The summed E-state index contributed by atoms with van der Waals surface area (Å²) in [6.45, 7) is 10.6. The molecule has 0 heteroatoms. The number of allylic oxidation sites excluding steroid dienone is 9. The van der Waals surface area contributed by atoms with Gasteiger partial charge >= 0.3 is 0 Å². The minimum atomic E-state index is 0.587. The van der Waals surface area contributed by atoms with Crippen LogP contribution in [0.1, 0.15) is 40.0 Å². The van der Waals surface area contributed by atoms with Crippen LogP contribution in [0, 0.1) is 17.8 Å². The molecule has 0 nitrogen and oxygen atoms in total. The van der Waals surface area contributed by atoms with E-state index in [1.165, 1.54) is 12.0 Å². The van der Waals surface area contributed by atoms with Crippen LogP contribution in [0.4, 0.5) is 0 Å². The Labute approximate surface area is 119 Å². The van der Waals surface area contributed by atoms with E-state index in [4.69, 9.17) is 0 Å². The summed E-state index contributed by atoms with van der Waals surface area (Å²) in [5.74, 6) is 1.84. The molecule has 0 aromatic carbocycles. The molecule has 3 atom stereocenters. The van der Waals surface area contributed by atoms with Crippen LogP contribution in [0.15, 0.2) is 60.8 Å². The van der Waals surface area contributed by atoms with Crippen LogP contribution in [0.3, 0.4) is 0 Å². The molecule has 0 fully saturated rings. The van der Waals surface area contributed by atoms with Crippen LogP contribution in [-0.2, 0) is 0 Å². The lowest BCUT2D eigenvalue weighted by atomic mass is 9.81. The van der Waals surface area contributed by atoms with Crippen LogP contribution >= 0.6 is 0 Å². The number of hydrogen-bond acceptors (Lipinski definition) is 0. The van der Waals surface area contributed by atoms with Crippen LogP contribution in [0.5, 0.6) is 0 Å². The first-order chi connectivity index (χ1) is 9.19. The molecule has 19 heavy (non-hydrogen) atoms. The third-order valence-corrected chi connectivity index (χ3v) is 3.84. The molecule has 0 aliphatic heterocycles. The van der Waals surface area contributed by atoms with Crippen molar-refractivity contribution in [2.75, 3.05) is 0 Å². The summed E-state index contributed by atoms with van der Waals surface area (Å²) in [7, 11) is 0. The summed E-state index contributed by atoms with van der Waals surface area (Å²) in [5.41, 5.74) is 1.48. The maximum atomic E-state index is 3.81. The summed E-state index contributed by atoms with van der Waals surface area (Å²) in [6, 6.07) is 0. The second kappa shape index (κ2) is 8.74. The van der Waals surface area contributed by atoms with Gasteiger partial charge in [0.25, 0.3) is 0 Å². The Bertz CT molecular complexity index is 379. The molecular formula is C19H28. The summed E-state index contributed by atoms with van der Waals surface area (Å²) < 4.78 is 0. The highest BCUT2D eigenvalue weighted by molar-refractivity contribution is 5.25. The zero-order valence-electron chi connectivity index (χ0n) is 12.7. The van der Waals surface area contributed by atoms with Gasteiger partial charge in [-0.25, -0.2) is 0 Å². The van der Waals surface area contributed by atoms with Gasteiger partial charge in [-0.1, -0.05) is 62.5 Å². The van der Waals surface area contributed by atoms with E-state index in [9.17, 15) is 0 Å². The molecule has 0 N–H and O–H groups in total. The van der Waals surface area contributed by atoms with Gasteiger partial charge in [0.15, 0.2) is 0 Å². The normalized spacial score (nSPS) is 22.7. The predicted octanol–water partition coefficient (Wildman–Crippen LogP) is 5.86.